The Morgan fingerprint density at radius 3 is 3.06 bits per heavy atom. The number of rotatable bonds is 7. The molecule has 0 saturated carbocycles. The molecule has 0 aliphatic carbocycles. The second-order valence-corrected chi connectivity index (χ2v) is 5.87. The van der Waals surface area contributed by atoms with Crippen molar-refractivity contribution < 1.29 is 5.11 Å². The minimum absolute atomic E-state index is 0.245. The van der Waals surface area contributed by atoms with Crippen LogP contribution in [0.15, 0.2) is 22.2 Å². The summed E-state index contributed by atoms with van der Waals surface area (Å²) in [5.74, 6) is 0. The molecule has 5 heteroatoms. The first kappa shape index (κ1) is 13.7. The van der Waals surface area contributed by atoms with Crippen LogP contribution in [-0.4, -0.2) is 22.7 Å². The van der Waals surface area contributed by atoms with E-state index >= 15 is 0 Å². The summed E-state index contributed by atoms with van der Waals surface area (Å²) in [5, 5.41) is 20.2. The lowest BCUT2D eigenvalue weighted by atomic mass is 10.2. The Morgan fingerprint density at radius 2 is 2.33 bits per heavy atom. The van der Waals surface area contributed by atoms with E-state index in [0.717, 1.165) is 30.1 Å². The smallest absolute Gasteiger partial charge is 0.124 e. The van der Waals surface area contributed by atoms with Crippen LogP contribution in [0.2, 0.25) is 0 Å². The Hall–Kier alpha value is -0.750. The van der Waals surface area contributed by atoms with E-state index in [-0.39, 0.29) is 6.10 Å². The van der Waals surface area contributed by atoms with Gasteiger partial charge in [-0.2, -0.15) is 11.3 Å². The van der Waals surface area contributed by atoms with Crippen LogP contribution in [0, 0.1) is 0 Å². The minimum Gasteiger partial charge on any atom is -0.392 e. The van der Waals surface area contributed by atoms with E-state index in [0.29, 0.717) is 6.54 Å². The number of thiophene rings is 1. The number of aliphatic hydroxyl groups excluding tert-OH is 1. The fourth-order valence-electron chi connectivity index (χ4n) is 1.71. The molecule has 1 atom stereocenters. The molecule has 0 aliphatic heterocycles. The van der Waals surface area contributed by atoms with Gasteiger partial charge in [-0.15, -0.1) is 11.3 Å². The van der Waals surface area contributed by atoms with Gasteiger partial charge in [0.05, 0.1) is 11.8 Å². The molecule has 18 heavy (non-hydrogen) atoms. The van der Waals surface area contributed by atoms with Crippen LogP contribution in [-0.2, 0) is 6.54 Å². The van der Waals surface area contributed by atoms with Gasteiger partial charge in [-0.1, -0.05) is 13.3 Å². The summed E-state index contributed by atoms with van der Waals surface area (Å²) in [7, 11) is 0. The van der Waals surface area contributed by atoms with Gasteiger partial charge in [-0.05, 0) is 17.9 Å². The van der Waals surface area contributed by atoms with Gasteiger partial charge in [-0.25, -0.2) is 4.98 Å². The Labute approximate surface area is 116 Å². The normalized spacial score (nSPS) is 12.8. The highest BCUT2D eigenvalue weighted by Crippen LogP contribution is 2.25. The third kappa shape index (κ3) is 3.88. The Kier molecular flexibility index (Phi) is 5.31. The van der Waals surface area contributed by atoms with Crippen molar-refractivity contribution in [3.8, 4) is 10.6 Å². The molecule has 0 aromatic carbocycles. The molecular weight excluding hydrogens is 264 g/mol. The van der Waals surface area contributed by atoms with Crippen molar-refractivity contribution >= 4 is 22.7 Å². The lowest BCUT2D eigenvalue weighted by Crippen LogP contribution is -2.26. The number of nitrogens with one attached hydrogen (secondary N) is 1. The van der Waals surface area contributed by atoms with Crippen LogP contribution < -0.4 is 5.32 Å². The molecule has 0 aliphatic rings. The first-order chi connectivity index (χ1) is 8.79. The fourth-order valence-corrected chi connectivity index (χ4v) is 3.24. The van der Waals surface area contributed by atoms with Crippen LogP contribution in [0.25, 0.3) is 10.6 Å². The van der Waals surface area contributed by atoms with Gasteiger partial charge in [0.2, 0.25) is 0 Å². The summed E-state index contributed by atoms with van der Waals surface area (Å²) in [6.07, 6.45) is 1.62. The largest absolute Gasteiger partial charge is 0.392 e. The zero-order valence-electron chi connectivity index (χ0n) is 10.4. The quantitative estimate of drug-likeness (QED) is 0.820. The van der Waals surface area contributed by atoms with Crippen molar-refractivity contribution in [2.45, 2.75) is 32.4 Å². The molecule has 0 fully saturated rings. The maximum absolute atomic E-state index is 9.60. The van der Waals surface area contributed by atoms with Crippen LogP contribution in [0.1, 0.15) is 25.5 Å². The van der Waals surface area contributed by atoms with Crippen molar-refractivity contribution in [3.63, 3.8) is 0 Å². The number of thiazole rings is 1. The maximum Gasteiger partial charge on any atom is 0.124 e. The first-order valence-electron chi connectivity index (χ1n) is 6.15. The molecule has 2 rings (SSSR count). The van der Waals surface area contributed by atoms with E-state index in [2.05, 4.69) is 39.4 Å². The van der Waals surface area contributed by atoms with Crippen molar-refractivity contribution in [1.82, 2.24) is 10.3 Å². The number of nitrogens with zero attached hydrogens (tertiary/aromatic N) is 1. The zero-order chi connectivity index (χ0) is 12.8. The monoisotopic (exact) mass is 282 g/mol. The summed E-state index contributed by atoms with van der Waals surface area (Å²) < 4.78 is 0. The highest BCUT2D eigenvalue weighted by Gasteiger charge is 2.06. The summed E-state index contributed by atoms with van der Waals surface area (Å²) in [5.41, 5.74) is 2.24. The molecule has 2 aromatic rings. The Balaban J connectivity index is 1.81. The van der Waals surface area contributed by atoms with Crippen LogP contribution >= 0.6 is 22.7 Å². The minimum atomic E-state index is -0.245. The van der Waals surface area contributed by atoms with Gasteiger partial charge in [0.1, 0.15) is 5.01 Å². The summed E-state index contributed by atoms with van der Waals surface area (Å²) in [6.45, 7) is 3.44. The summed E-state index contributed by atoms with van der Waals surface area (Å²) in [6, 6.07) is 2.09. The van der Waals surface area contributed by atoms with E-state index in [9.17, 15) is 5.11 Å². The van der Waals surface area contributed by atoms with E-state index in [4.69, 9.17) is 0 Å². The highest BCUT2D eigenvalue weighted by atomic mass is 32.1. The van der Waals surface area contributed by atoms with Crippen LogP contribution in [0.5, 0.6) is 0 Å². The molecule has 0 saturated heterocycles. The number of aromatic nitrogens is 1. The van der Waals surface area contributed by atoms with Crippen molar-refractivity contribution in [2.24, 2.45) is 0 Å². The van der Waals surface area contributed by atoms with E-state index in [1.807, 2.05) is 0 Å². The summed E-state index contributed by atoms with van der Waals surface area (Å²) >= 11 is 3.36. The molecule has 0 radical (unpaired) electrons. The van der Waals surface area contributed by atoms with Gasteiger partial charge >= 0.3 is 0 Å². The van der Waals surface area contributed by atoms with Crippen molar-refractivity contribution in [3.05, 3.63) is 27.9 Å². The standard InChI is InChI=1S/C13H18N2OS2/c1-2-3-12(16)7-14-6-11-9-18-13(15-11)10-4-5-17-8-10/h4-5,8-9,12,14,16H,2-3,6-7H2,1H3. The predicted octanol–water partition coefficient (Wildman–Crippen LogP) is 3.12. The van der Waals surface area contributed by atoms with E-state index < -0.39 is 0 Å². The van der Waals surface area contributed by atoms with Gasteiger partial charge in [0.15, 0.2) is 0 Å². The van der Waals surface area contributed by atoms with Gasteiger partial charge in [-0.3, -0.25) is 0 Å². The molecule has 0 spiro atoms. The molecule has 0 bridgehead atoms. The van der Waals surface area contributed by atoms with Gasteiger partial charge < -0.3 is 10.4 Å². The third-order valence-electron chi connectivity index (χ3n) is 2.63. The molecule has 0 amide bonds. The number of hydrogen-bond donors (Lipinski definition) is 2. The average Bonchev–Trinajstić information content (AvgIpc) is 2.99. The molecule has 2 heterocycles. The predicted molar refractivity (Wildman–Crippen MR) is 78.0 cm³/mol. The molecule has 2 aromatic heterocycles. The zero-order valence-corrected chi connectivity index (χ0v) is 12.1. The fraction of sp³-hybridized carbons (Fsp3) is 0.462. The molecule has 2 N–H and O–H groups in total. The first-order valence-corrected chi connectivity index (χ1v) is 7.97. The second-order valence-electron chi connectivity index (χ2n) is 4.23. The topological polar surface area (TPSA) is 45.1 Å². The molecule has 3 nitrogen and oxygen atoms in total. The SMILES string of the molecule is CCCC(O)CNCc1csc(-c2ccsc2)n1. The van der Waals surface area contributed by atoms with Crippen LogP contribution in [0.4, 0.5) is 0 Å². The van der Waals surface area contributed by atoms with Crippen molar-refractivity contribution in [2.75, 3.05) is 6.54 Å². The second kappa shape index (κ2) is 6.99. The number of aliphatic hydroxyl groups is 1. The molecular formula is C13H18N2OS2. The number of hydrogen-bond acceptors (Lipinski definition) is 5. The summed E-state index contributed by atoms with van der Waals surface area (Å²) in [4.78, 5) is 4.58. The van der Waals surface area contributed by atoms with Gasteiger partial charge in [0.25, 0.3) is 0 Å². The average molecular weight is 282 g/mol. The van der Waals surface area contributed by atoms with Crippen molar-refractivity contribution in [1.29, 1.82) is 0 Å². The lowest BCUT2D eigenvalue weighted by molar-refractivity contribution is 0.160. The maximum atomic E-state index is 9.60. The molecule has 1 unspecified atom stereocenters. The Morgan fingerprint density at radius 1 is 1.44 bits per heavy atom. The van der Waals surface area contributed by atoms with Gasteiger partial charge in [0, 0.05) is 29.4 Å². The Bertz CT molecular complexity index is 453. The van der Waals surface area contributed by atoms with E-state index in [1.165, 1.54) is 5.56 Å². The lowest BCUT2D eigenvalue weighted by Gasteiger charge is -2.09. The molecule has 98 valence electrons. The van der Waals surface area contributed by atoms with Crippen LogP contribution in [0.3, 0.4) is 0 Å². The van der Waals surface area contributed by atoms with E-state index in [1.54, 1.807) is 22.7 Å². The third-order valence-corrected chi connectivity index (χ3v) is 4.25. The highest BCUT2D eigenvalue weighted by molar-refractivity contribution is 7.14.